The van der Waals surface area contributed by atoms with E-state index in [2.05, 4.69) is 36.3 Å². The number of nitrogens with zero attached hydrogens (tertiary/aromatic N) is 3. The van der Waals surface area contributed by atoms with Crippen LogP contribution in [0.5, 0.6) is 0 Å². The first-order chi connectivity index (χ1) is 13.1. The molecule has 1 amide bonds. The van der Waals surface area contributed by atoms with Crippen molar-refractivity contribution in [3.8, 4) is 11.3 Å². The normalized spacial score (nSPS) is 26.1. The molecule has 4 rings (SSSR count). The van der Waals surface area contributed by atoms with Gasteiger partial charge < -0.3 is 14.7 Å². The number of piperidine rings is 1. The lowest BCUT2D eigenvalue weighted by Gasteiger charge is -2.37. The molecule has 6 heteroatoms. The molecule has 2 saturated heterocycles. The first-order valence-corrected chi connectivity index (χ1v) is 9.88. The van der Waals surface area contributed by atoms with Gasteiger partial charge in [-0.1, -0.05) is 31.2 Å². The summed E-state index contributed by atoms with van der Waals surface area (Å²) in [6, 6.07) is 10.2. The Balaban J connectivity index is 1.56. The summed E-state index contributed by atoms with van der Waals surface area (Å²) < 4.78 is 7.85. The van der Waals surface area contributed by atoms with Crippen LogP contribution in [0.1, 0.15) is 56.9 Å². The van der Waals surface area contributed by atoms with Crippen molar-refractivity contribution in [3.05, 3.63) is 42.1 Å². The molecule has 144 valence electrons. The molecule has 3 heterocycles. The van der Waals surface area contributed by atoms with Crippen molar-refractivity contribution in [3.63, 3.8) is 0 Å². The van der Waals surface area contributed by atoms with E-state index in [0.717, 1.165) is 55.5 Å². The zero-order valence-electron chi connectivity index (χ0n) is 15.8. The molecule has 6 nitrogen and oxygen atoms in total. The van der Waals surface area contributed by atoms with Gasteiger partial charge in [0.05, 0.1) is 11.7 Å². The summed E-state index contributed by atoms with van der Waals surface area (Å²) in [5, 5.41) is 14.1. The minimum Gasteiger partial charge on any atom is -0.465 e. The van der Waals surface area contributed by atoms with Crippen molar-refractivity contribution in [1.82, 2.24) is 14.7 Å². The highest BCUT2D eigenvalue weighted by Crippen LogP contribution is 2.35. The minimum absolute atomic E-state index is 0.00533. The summed E-state index contributed by atoms with van der Waals surface area (Å²) in [5.74, 6) is 0.418. The number of benzene rings is 1. The summed E-state index contributed by atoms with van der Waals surface area (Å²) in [6.07, 6.45) is 6.18. The fraction of sp³-hybridized carbons (Fsp3) is 0.524. The Hall–Kier alpha value is -2.34. The zero-order valence-corrected chi connectivity index (χ0v) is 15.8. The van der Waals surface area contributed by atoms with E-state index >= 15 is 0 Å². The second kappa shape index (κ2) is 7.72. The predicted octanol–water partition coefficient (Wildman–Crippen LogP) is 4.70. The van der Waals surface area contributed by atoms with Gasteiger partial charge in [-0.05, 0) is 55.2 Å². The number of carboxylic acid groups (broad SMARTS) is 1. The van der Waals surface area contributed by atoms with Crippen LogP contribution in [0.3, 0.4) is 0 Å². The monoisotopic (exact) mass is 369 g/mol. The van der Waals surface area contributed by atoms with E-state index in [1.807, 2.05) is 16.9 Å². The molecule has 0 bridgehead atoms. The van der Waals surface area contributed by atoms with E-state index in [1.54, 1.807) is 4.90 Å². The van der Waals surface area contributed by atoms with E-state index in [1.165, 1.54) is 0 Å². The lowest BCUT2D eigenvalue weighted by molar-refractivity contribution is -0.0383. The molecule has 1 aromatic heterocycles. The maximum Gasteiger partial charge on any atom is 0.407 e. The molecule has 3 atom stereocenters. The molecule has 2 aliphatic heterocycles. The molecule has 27 heavy (non-hydrogen) atoms. The van der Waals surface area contributed by atoms with Gasteiger partial charge in [-0.3, -0.25) is 0 Å². The molecule has 2 fully saturated rings. The van der Waals surface area contributed by atoms with Crippen LogP contribution in [0.2, 0.25) is 0 Å². The largest absolute Gasteiger partial charge is 0.465 e. The third kappa shape index (κ3) is 3.72. The lowest BCUT2D eigenvalue weighted by Crippen LogP contribution is -2.40. The van der Waals surface area contributed by atoms with Crippen molar-refractivity contribution in [2.24, 2.45) is 5.92 Å². The van der Waals surface area contributed by atoms with Gasteiger partial charge in [-0.15, -0.1) is 0 Å². The first kappa shape index (κ1) is 18.0. The van der Waals surface area contributed by atoms with Gasteiger partial charge in [0, 0.05) is 19.3 Å². The summed E-state index contributed by atoms with van der Waals surface area (Å²) in [7, 11) is 0. The number of carbonyl (C=O) groups is 1. The van der Waals surface area contributed by atoms with Gasteiger partial charge in [0.25, 0.3) is 0 Å². The molecular formula is C21H27N3O3. The second-order valence-corrected chi connectivity index (χ2v) is 7.74. The Kier molecular flexibility index (Phi) is 5.16. The van der Waals surface area contributed by atoms with Gasteiger partial charge in [-0.2, -0.15) is 5.10 Å². The Morgan fingerprint density at radius 1 is 1.15 bits per heavy atom. The van der Waals surface area contributed by atoms with E-state index < -0.39 is 6.09 Å². The van der Waals surface area contributed by atoms with Gasteiger partial charge in [-0.25, -0.2) is 9.48 Å². The molecular weight excluding hydrogens is 342 g/mol. The highest BCUT2D eigenvalue weighted by Gasteiger charge is 2.30. The van der Waals surface area contributed by atoms with Crippen LogP contribution in [0.15, 0.2) is 36.5 Å². The van der Waals surface area contributed by atoms with Gasteiger partial charge in [0.1, 0.15) is 0 Å². The third-order valence-corrected chi connectivity index (χ3v) is 5.75. The molecule has 1 aromatic carbocycles. The number of amides is 1. The second-order valence-electron chi connectivity index (χ2n) is 7.74. The quantitative estimate of drug-likeness (QED) is 0.851. The van der Waals surface area contributed by atoms with Crippen molar-refractivity contribution in [2.45, 2.75) is 51.3 Å². The Bertz CT molecular complexity index is 780. The molecule has 0 spiro atoms. The third-order valence-electron chi connectivity index (χ3n) is 5.75. The molecule has 2 aliphatic rings. The highest BCUT2D eigenvalue weighted by molar-refractivity contribution is 5.66. The van der Waals surface area contributed by atoms with Gasteiger partial charge in [0.15, 0.2) is 6.23 Å². The average Bonchev–Trinajstić information content (AvgIpc) is 3.18. The number of likely N-dealkylation sites (tertiary alicyclic amines) is 1. The standard InChI is InChI=1S/C21H27N3O3/c1-15-5-10-18(23(14-15)21(25)26)16-6-8-17(9-7-16)19-11-12-22-24(19)20-4-2-3-13-27-20/h6-9,11-12,15,18,20H,2-5,10,13-14H2,1H3,(H,25,26)/t15?,18-,20?/m1/s1. The van der Waals surface area contributed by atoms with E-state index in [-0.39, 0.29) is 12.3 Å². The van der Waals surface area contributed by atoms with Crippen molar-refractivity contribution in [2.75, 3.05) is 13.2 Å². The van der Waals surface area contributed by atoms with E-state index in [4.69, 9.17) is 4.74 Å². The fourth-order valence-electron chi connectivity index (χ4n) is 4.28. The zero-order chi connectivity index (χ0) is 18.8. The average molecular weight is 369 g/mol. The molecule has 0 aliphatic carbocycles. The Labute approximate surface area is 159 Å². The summed E-state index contributed by atoms with van der Waals surface area (Å²) in [5.41, 5.74) is 3.19. The minimum atomic E-state index is -0.830. The van der Waals surface area contributed by atoms with Crippen LogP contribution >= 0.6 is 0 Å². The molecule has 0 radical (unpaired) electrons. The van der Waals surface area contributed by atoms with Crippen molar-refractivity contribution >= 4 is 6.09 Å². The number of aromatic nitrogens is 2. The Morgan fingerprint density at radius 2 is 1.96 bits per heavy atom. The summed E-state index contributed by atoms with van der Waals surface area (Å²) in [4.78, 5) is 13.2. The molecule has 2 aromatic rings. The fourth-order valence-corrected chi connectivity index (χ4v) is 4.28. The van der Waals surface area contributed by atoms with Crippen LogP contribution in [0.25, 0.3) is 11.3 Å². The summed E-state index contributed by atoms with van der Waals surface area (Å²) >= 11 is 0. The summed E-state index contributed by atoms with van der Waals surface area (Å²) in [6.45, 7) is 3.51. The van der Waals surface area contributed by atoms with Crippen molar-refractivity contribution < 1.29 is 14.6 Å². The number of hydrogen-bond donors (Lipinski definition) is 1. The molecule has 2 unspecified atom stereocenters. The lowest BCUT2D eigenvalue weighted by atomic mass is 9.90. The van der Waals surface area contributed by atoms with E-state index in [9.17, 15) is 9.90 Å². The Morgan fingerprint density at radius 3 is 2.67 bits per heavy atom. The highest BCUT2D eigenvalue weighted by atomic mass is 16.5. The SMILES string of the molecule is CC1CC[C@H](c2ccc(-c3ccnn3C3CCCCO3)cc2)N(C(=O)O)C1. The first-order valence-electron chi connectivity index (χ1n) is 9.88. The maximum absolute atomic E-state index is 11.7. The van der Waals surface area contributed by atoms with Gasteiger partial charge in [0.2, 0.25) is 0 Å². The molecule has 0 saturated carbocycles. The number of rotatable bonds is 3. The maximum atomic E-state index is 11.7. The van der Waals surface area contributed by atoms with Crippen LogP contribution in [0, 0.1) is 5.92 Å². The number of ether oxygens (including phenoxy) is 1. The predicted molar refractivity (Wildman–Crippen MR) is 102 cm³/mol. The number of hydrogen-bond acceptors (Lipinski definition) is 3. The van der Waals surface area contributed by atoms with Crippen LogP contribution in [-0.2, 0) is 4.74 Å². The molecule has 1 N–H and O–H groups in total. The topological polar surface area (TPSA) is 67.6 Å². The van der Waals surface area contributed by atoms with Crippen LogP contribution < -0.4 is 0 Å². The van der Waals surface area contributed by atoms with Crippen LogP contribution in [-0.4, -0.2) is 39.0 Å². The van der Waals surface area contributed by atoms with Crippen molar-refractivity contribution in [1.29, 1.82) is 0 Å². The van der Waals surface area contributed by atoms with Crippen LogP contribution in [0.4, 0.5) is 4.79 Å². The van der Waals surface area contributed by atoms with Gasteiger partial charge >= 0.3 is 6.09 Å². The smallest absolute Gasteiger partial charge is 0.407 e. The van der Waals surface area contributed by atoms with E-state index in [0.29, 0.717) is 12.5 Å².